The zero-order chi connectivity index (χ0) is 15.8. The van der Waals surface area contributed by atoms with E-state index >= 15 is 0 Å². The van der Waals surface area contributed by atoms with E-state index in [1.807, 2.05) is 32.2 Å². The van der Waals surface area contributed by atoms with Crippen LogP contribution in [0, 0.1) is 6.92 Å². The fraction of sp³-hybridized carbons (Fsp3) is 0.214. The zero-order valence-corrected chi connectivity index (χ0v) is 13.3. The van der Waals surface area contributed by atoms with E-state index in [1.54, 1.807) is 22.2 Å². The van der Waals surface area contributed by atoms with Gasteiger partial charge < -0.3 is 9.84 Å². The molecular weight excluding hydrogens is 314 g/mol. The lowest BCUT2D eigenvalue weighted by Crippen LogP contribution is -2.00. The molecule has 23 heavy (non-hydrogen) atoms. The minimum absolute atomic E-state index is 0.409. The molecule has 4 heterocycles. The topological polar surface area (TPSA) is 94.6 Å². The van der Waals surface area contributed by atoms with Crippen molar-refractivity contribution >= 4 is 26.8 Å². The molecule has 0 aliphatic heterocycles. The standard InChI is InChI=1S/C14H13N7OS/c1-8-11-13(21(2)19-8)18-14(23-11)16-7-10-17-12(20-22-10)9-5-3-4-6-15-9/h3-6H,7H2,1-2H3,(H,16,18). The van der Waals surface area contributed by atoms with Gasteiger partial charge in [-0.15, -0.1) is 0 Å². The summed E-state index contributed by atoms with van der Waals surface area (Å²) >= 11 is 1.56. The van der Waals surface area contributed by atoms with Crippen molar-refractivity contribution in [2.45, 2.75) is 13.5 Å². The molecule has 0 aromatic carbocycles. The third-order valence-electron chi connectivity index (χ3n) is 3.30. The molecule has 1 N–H and O–H groups in total. The number of hydrogen-bond acceptors (Lipinski definition) is 8. The van der Waals surface area contributed by atoms with Crippen molar-refractivity contribution in [2.75, 3.05) is 5.32 Å². The number of thiazole rings is 1. The molecule has 0 atom stereocenters. The van der Waals surface area contributed by atoms with E-state index in [2.05, 4.69) is 30.5 Å². The van der Waals surface area contributed by atoms with Crippen LogP contribution >= 0.6 is 11.3 Å². The number of hydrogen-bond donors (Lipinski definition) is 1. The quantitative estimate of drug-likeness (QED) is 0.615. The highest BCUT2D eigenvalue weighted by Gasteiger charge is 2.13. The molecule has 8 nitrogen and oxygen atoms in total. The lowest BCUT2D eigenvalue weighted by Gasteiger charge is -1.96. The SMILES string of the molecule is Cc1nn(C)c2nc(NCc3nc(-c4ccccn4)no3)sc12. The van der Waals surface area contributed by atoms with Gasteiger partial charge in [0.05, 0.1) is 16.9 Å². The third-order valence-corrected chi connectivity index (χ3v) is 4.41. The molecular formula is C14H13N7OS. The van der Waals surface area contributed by atoms with Crippen LogP contribution < -0.4 is 5.32 Å². The molecule has 0 amide bonds. The number of nitrogens with zero attached hydrogens (tertiary/aromatic N) is 6. The van der Waals surface area contributed by atoms with Gasteiger partial charge in [-0.1, -0.05) is 22.6 Å². The normalized spacial score (nSPS) is 11.2. The number of nitrogens with one attached hydrogen (secondary N) is 1. The lowest BCUT2D eigenvalue weighted by atomic mass is 10.3. The molecule has 0 unspecified atom stereocenters. The number of aromatic nitrogens is 6. The molecule has 4 aromatic rings. The zero-order valence-electron chi connectivity index (χ0n) is 12.5. The Hall–Kier alpha value is -2.81. The van der Waals surface area contributed by atoms with Crippen molar-refractivity contribution in [3.05, 3.63) is 36.0 Å². The summed E-state index contributed by atoms with van der Waals surface area (Å²) in [5, 5.41) is 12.3. The summed E-state index contributed by atoms with van der Waals surface area (Å²) < 4.78 is 8.09. The van der Waals surface area contributed by atoms with E-state index in [0.717, 1.165) is 21.2 Å². The Labute approximate surface area is 135 Å². The molecule has 0 bridgehead atoms. The third kappa shape index (κ3) is 2.55. The van der Waals surface area contributed by atoms with Gasteiger partial charge in [-0.05, 0) is 19.1 Å². The molecule has 4 aromatic heterocycles. The van der Waals surface area contributed by atoms with Crippen LogP contribution in [0.15, 0.2) is 28.9 Å². The van der Waals surface area contributed by atoms with Crippen LogP contribution in [0.4, 0.5) is 5.13 Å². The van der Waals surface area contributed by atoms with E-state index in [1.165, 1.54) is 0 Å². The van der Waals surface area contributed by atoms with Gasteiger partial charge in [0.1, 0.15) is 5.69 Å². The van der Waals surface area contributed by atoms with Crippen LogP contribution in [0.5, 0.6) is 0 Å². The Morgan fingerprint density at radius 1 is 1.30 bits per heavy atom. The summed E-state index contributed by atoms with van der Waals surface area (Å²) in [4.78, 5) is 13.0. The molecule has 0 fully saturated rings. The van der Waals surface area contributed by atoms with Crippen LogP contribution in [0.25, 0.3) is 21.9 Å². The molecule has 0 aliphatic rings. The summed E-state index contributed by atoms with van der Waals surface area (Å²) in [6.07, 6.45) is 1.70. The highest BCUT2D eigenvalue weighted by atomic mass is 32.1. The molecule has 0 aliphatic carbocycles. The van der Waals surface area contributed by atoms with Crippen molar-refractivity contribution in [1.82, 2.24) is 29.9 Å². The van der Waals surface area contributed by atoms with Crippen LogP contribution in [0.2, 0.25) is 0 Å². The second-order valence-corrected chi connectivity index (χ2v) is 5.96. The molecule has 0 radical (unpaired) electrons. The molecule has 0 saturated carbocycles. The van der Waals surface area contributed by atoms with Crippen LogP contribution in [0.1, 0.15) is 11.6 Å². The smallest absolute Gasteiger partial charge is 0.246 e. The summed E-state index contributed by atoms with van der Waals surface area (Å²) in [7, 11) is 1.88. The van der Waals surface area contributed by atoms with Crippen LogP contribution in [-0.4, -0.2) is 29.9 Å². The first-order valence-electron chi connectivity index (χ1n) is 6.98. The first-order chi connectivity index (χ1) is 11.2. The Morgan fingerprint density at radius 3 is 3.00 bits per heavy atom. The highest BCUT2D eigenvalue weighted by molar-refractivity contribution is 7.22. The molecule has 9 heteroatoms. The van der Waals surface area contributed by atoms with Gasteiger partial charge in [0.15, 0.2) is 10.8 Å². The van der Waals surface area contributed by atoms with Gasteiger partial charge in [-0.2, -0.15) is 10.1 Å². The van der Waals surface area contributed by atoms with E-state index < -0.39 is 0 Å². The summed E-state index contributed by atoms with van der Waals surface area (Å²) in [6.45, 7) is 2.38. The summed E-state index contributed by atoms with van der Waals surface area (Å²) in [5.41, 5.74) is 2.53. The van der Waals surface area contributed by atoms with E-state index in [9.17, 15) is 0 Å². The van der Waals surface area contributed by atoms with Crippen molar-refractivity contribution in [3.63, 3.8) is 0 Å². The van der Waals surface area contributed by atoms with Gasteiger partial charge in [-0.3, -0.25) is 4.98 Å². The predicted octanol–water partition coefficient (Wildman–Crippen LogP) is 2.40. The van der Waals surface area contributed by atoms with Crippen LogP contribution in [0.3, 0.4) is 0 Å². The van der Waals surface area contributed by atoms with Crippen molar-refractivity contribution in [3.8, 4) is 11.5 Å². The first kappa shape index (κ1) is 13.8. The average molecular weight is 327 g/mol. The Bertz CT molecular complexity index is 922. The number of rotatable bonds is 4. The van der Waals surface area contributed by atoms with Gasteiger partial charge in [0.25, 0.3) is 0 Å². The second-order valence-electron chi connectivity index (χ2n) is 4.96. The maximum absolute atomic E-state index is 5.24. The largest absolute Gasteiger partial charge is 0.352 e. The second kappa shape index (κ2) is 5.43. The molecule has 116 valence electrons. The summed E-state index contributed by atoms with van der Waals surface area (Å²) in [5.74, 6) is 0.964. The van der Waals surface area contributed by atoms with E-state index in [-0.39, 0.29) is 0 Å². The number of pyridine rings is 1. The van der Waals surface area contributed by atoms with Crippen molar-refractivity contribution in [2.24, 2.45) is 7.05 Å². The maximum Gasteiger partial charge on any atom is 0.246 e. The fourth-order valence-corrected chi connectivity index (χ4v) is 3.16. The fourth-order valence-electron chi connectivity index (χ4n) is 2.24. The van der Waals surface area contributed by atoms with Crippen LogP contribution in [-0.2, 0) is 13.6 Å². The molecule has 0 spiro atoms. The highest BCUT2D eigenvalue weighted by Crippen LogP contribution is 2.28. The minimum Gasteiger partial charge on any atom is -0.352 e. The van der Waals surface area contributed by atoms with Gasteiger partial charge in [-0.25, -0.2) is 9.67 Å². The monoisotopic (exact) mass is 327 g/mol. The minimum atomic E-state index is 0.409. The van der Waals surface area contributed by atoms with Gasteiger partial charge >= 0.3 is 0 Å². The van der Waals surface area contributed by atoms with Crippen molar-refractivity contribution in [1.29, 1.82) is 0 Å². The Balaban J connectivity index is 1.50. The number of anilines is 1. The number of aryl methyl sites for hydroxylation is 2. The maximum atomic E-state index is 5.24. The summed E-state index contributed by atoms with van der Waals surface area (Å²) in [6, 6.07) is 5.56. The molecule has 0 saturated heterocycles. The van der Waals surface area contributed by atoms with Gasteiger partial charge in [0.2, 0.25) is 11.7 Å². The van der Waals surface area contributed by atoms with E-state index in [4.69, 9.17) is 4.52 Å². The predicted molar refractivity (Wildman–Crippen MR) is 86.0 cm³/mol. The Morgan fingerprint density at radius 2 is 2.22 bits per heavy atom. The number of fused-ring (bicyclic) bond motifs is 1. The van der Waals surface area contributed by atoms with Gasteiger partial charge in [0, 0.05) is 13.2 Å². The Kier molecular flexibility index (Phi) is 3.27. The average Bonchev–Trinajstić information content (AvgIpc) is 3.25. The lowest BCUT2D eigenvalue weighted by molar-refractivity contribution is 0.384. The van der Waals surface area contributed by atoms with E-state index in [0.29, 0.717) is 24.0 Å². The molecule has 4 rings (SSSR count). The van der Waals surface area contributed by atoms with Crippen molar-refractivity contribution < 1.29 is 4.52 Å². The first-order valence-corrected chi connectivity index (χ1v) is 7.80.